The van der Waals surface area contributed by atoms with Crippen LogP contribution in [0.2, 0.25) is 0 Å². The lowest BCUT2D eigenvalue weighted by Gasteiger charge is -2.35. The summed E-state index contributed by atoms with van der Waals surface area (Å²) in [5, 5.41) is 4.38. The van der Waals surface area contributed by atoms with Gasteiger partial charge in [0.2, 0.25) is 5.91 Å². The molecule has 0 spiro atoms. The molecule has 1 aliphatic rings. The van der Waals surface area contributed by atoms with Gasteiger partial charge in [0.15, 0.2) is 0 Å². The minimum atomic E-state index is -0.129. The van der Waals surface area contributed by atoms with Crippen LogP contribution in [0, 0.1) is 5.92 Å². The quantitative estimate of drug-likeness (QED) is 0.619. The van der Waals surface area contributed by atoms with E-state index in [9.17, 15) is 9.59 Å². The van der Waals surface area contributed by atoms with Crippen LogP contribution in [0.25, 0.3) is 0 Å². The average molecular weight is 417 g/mol. The maximum Gasteiger partial charge on any atom is 0.269 e. The summed E-state index contributed by atoms with van der Waals surface area (Å²) in [6.45, 7) is 2.50. The molecule has 160 valence electrons. The van der Waals surface area contributed by atoms with Gasteiger partial charge in [0.05, 0.1) is 24.3 Å². The lowest BCUT2D eigenvalue weighted by molar-refractivity contribution is -0.135. The van der Waals surface area contributed by atoms with Gasteiger partial charge in [0.25, 0.3) is 5.56 Å². The van der Waals surface area contributed by atoms with Gasteiger partial charge in [-0.05, 0) is 24.0 Å². The highest BCUT2D eigenvalue weighted by Crippen LogP contribution is 2.23. The van der Waals surface area contributed by atoms with Crippen molar-refractivity contribution < 1.29 is 4.79 Å². The largest absolute Gasteiger partial charge is 0.369 e. The molecule has 4 rings (SSSR count). The topological polar surface area (TPSA) is 58.4 Å². The van der Waals surface area contributed by atoms with E-state index in [1.807, 2.05) is 67.7 Å². The minimum Gasteiger partial charge on any atom is -0.369 e. The summed E-state index contributed by atoms with van der Waals surface area (Å²) in [5.41, 5.74) is 2.82. The van der Waals surface area contributed by atoms with Gasteiger partial charge in [0.1, 0.15) is 0 Å². The summed E-state index contributed by atoms with van der Waals surface area (Å²) in [6, 6.07) is 21.5. The van der Waals surface area contributed by atoms with Crippen LogP contribution in [-0.2, 0) is 17.9 Å². The summed E-state index contributed by atoms with van der Waals surface area (Å²) in [7, 11) is 1.86. The van der Waals surface area contributed by atoms with Crippen molar-refractivity contribution in [2.24, 2.45) is 5.92 Å². The number of carbonyl (C=O) groups is 1. The molecule has 6 heteroatoms. The van der Waals surface area contributed by atoms with E-state index in [2.05, 4.69) is 10.00 Å². The first-order valence-electron chi connectivity index (χ1n) is 10.7. The van der Waals surface area contributed by atoms with E-state index in [1.54, 1.807) is 17.2 Å². The molecule has 31 heavy (non-hydrogen) atoms. The van der Waals surface area contributed by atoms with Crippen molar-refractivity contribution in [3.63, 3.8) is 0 Å². The van der Waals surface area contributed by atoms with Crippen molar-refractivity contribution >= 4 is 11.6 Å². The molecular weight excluding hydrogens is 388 g/mol. The van der Waals surface area contributed by atoms with Gasteiger partial charge in [-0.2, -0.15) is 5.10 Å². The number of nitrogens with zero attached hydrogens (tertiary/aromatic N) is 4. The molecule has 0 bridgehead atoms. The third-order valence-electron chi connectivity index (χ3n) is 5.80. The first-order valence-corrected chi connectivity index (χ1v) is 10.7. The molecular formula is C25H28N4O2. The van der Waals surface area contributed by atoms with Crippen LogP contribution in [0.1, 0.15) is 24.0 Å². The minimum absolute atomic E-state index is 0.0748. The van der Waals surface area contributed by atoms with E-state index >= 15 is 0 Å². The zero-order valence-corrected chi connectivity index (χ0v) is 17.9. The number of hydrogen-bond acceptors (Lipinski definition) is 4. The number of hydrogen-bond donors (Lipinski definition) is 0. The zero-order chi connectivity index (χ0) is 21.6. The first kappa shape index (κ1) is 20.8. The van der Waals surface area contributed by atoms with Crippen molar-refractivity contribution in [2.75, 3.05) is 25.0 Å². The van der Waals surface area contributed by atoms with Crippen LogP contribution in [0.5, 0.6) is 0 Å². The molecule has 1 fully saturated rings. The Balaban J connectivity index is 1.41. The van der Waals surface area contributed by atoms with Gasteiger partial charge in [-0.25, -0.2) is 4.68 Å². The number of amides is 1. The van der Waals surface area contributed by atoms with Crippen molar-refractivity contribution in [2.45, 2.75) is 25.9 Å². The van der Waals surface area contributed by atoms with Crippen molar-refractivity contribution in [3.05, 3.63) is 94.4 Å². The van der Waals surface area contributed by atoms with Gasteiger partial charge in [-0.15, -0.1) is 0 Å². The summed E-state index contributed by atoms with van der Waals surface area (Å²) >= 11 is 0. The predicted molar refractivity (Wildman–Crippen MR) is 122 cm³/mol. The molecule has 1 atom stereocenters. The fourth-order valence-corrected chi connectivity index (χ4v) is 4.13. The van der Waals surface area contributed by atoms with Gasteiger partial charge >= 0.3 is 0 Å². The summed E-state index contributed by atoms with van der Waals surface area (Å²) < 4.78 is 1.47. The van der Waals surface area contributed by atoms with Crippen LogP contribution in [0.3, 0.4) is 0 Å². The Morgan fingerprint density at radius 3 is 2.42 bits per heavy atom. The number of carbonyl (C=O) groups excluding carboxylic acids is 1. The molecule has 0 N–H and O–H groups in total. The second-order valence-corrected chi connectivity index (χ2v) is 8.16. The molecule has 1 aliphatic heterocycles. The molecule has 6 nitrogen and oxygen atoms in total. The Morgan fingerprint density at radius 1 is 1.06 bits per heavy atom. The first-order chi connectivity index (χ1) is 15.1. The SMILES string of the molecule is CN(Cc1ccccc1)C(=O)[C@@H]1CCCN(c2cnn(Cc3ccccc3)c(=O)c2)C1. The van der Waals surface area contributed by atoms with Crippen LogP contribution in [-0.4, -0.2) is 40.7 Å². The highest BCUT2D eigenvalue weighted by Gasteiger charge is 2.28. The Morgan fingerprint density at radius 2 is 1.74 bits per heavy atom. The van der Waals surface area contributed by atoms with E-state index in [4.69, 9.17) is 0 Å². The summed E-state index contributed by atoms with van der Waals surface area (Å²) in [4.78, 5) is 29.6. The van der Waals surface area contributed by atoms with Gasteiger partial charge in [-0.1, -0.05) is 60.7 Å². The van der Waals surface area contributed by atoms with Crippen LogP contribution >= 0.6 is 0 Å². The number of piperidine rings is 1. The van der Waals surface area contributed by atoms with Crippen molar-refractivity contribution in [1.29, 1.82) is 0 Å². The monoisotopic (exact) mass is 416 g/mol. The number of rotatable bonds is 6. The summed E-state index contributed by atoms with van der Waals surface area (Å²) in [6.07, 6.45) is 3.53. The fourth-order valence-electron chi connectivity index (χ4n) is 4.13. The van der Waals surface area contributed by atoms with E-state index in [-0.39, 0.29) is 17.4 Å². The second-order valence-electron chi connectivity index (χ2n) is 8.16. The molecule has 0 aliphatic carbocycles. The molecule has 0 unspecified atom stereocenters. The lowest BCUT2D eigenvalue weighted by Crippen LogP contribution is -2.44. The molecule has 1 aromatic heterocycles. The fraction of sp³-hybridized carbons (Fsp3) is 0.320. The van der Waals surface area contributed by atoms with Crippen LogP contribution in [0.15, 0.2) is 77.7 Å². The van der Waals surface area contributed by atoms with Gasteiger partial charge < -0.3 is 9.80 Å². The maximum absolute atomic E-state index is 13.0. The molecule has 1 amide bonds. The summed E-state index contributed by atoms with van der Waals surface area (Å²) in [5.74, 6) is 0.0770. The van der Waals surface area contributed by atoms with Gasteiger partial charge in [0, 0.05) is 32.7 Å². The lowest BCUT2D eigenvalue weighted by atomic mass is 9.96. The van der Waals surface area contributed by atoms with E-state index < -0.39 is 0 Å². The van der Waals surface area contributed by atoms with Crippen molar-refractivity contribution in [1.82, 2.24) is 14.7 Å². The Kier molecular flexibility index (Phi) is 6.46. The average Bonchev–Trinajstić information content (AvgIpc) is 2.81. The highest BCUT2D eigenvalue weighted by molar-refractivity contribution is 5.79. The standard InChI is InChI=1S/C25H28N4O2/c1-27(17-20-9-4-2-5-10-20)25(31)22-13-8-14-28(19-22)23-15-24(30)29(26-16-23)18-21-11-6-3-7-12-21/h2-7,9-12,15-16,22H,8,13-14,17-19H2,1H3/t22-/m1/s1. The van der Waals surface area contributed by atoms with E-state index in [1.165, 1.54) is 4.68 Å². The molecule has 3 aromatic rings. The molecule has 1 saturated heterocycles. The number of anilines is 1. The van der Waals surface area contributed by atoms with E-state index in [0.29, 0.717) is 19.6 Å². The normalized spacial score (nSPS) is 16.2. The Bertz CT molecular complexity index is 1070. The number of benzene rings is 2. The zero-order valence-electron chi connectivity index (χ0n) is 17.9. The Hall–Kier alpha value is -3.41. The second kappa shape index (κ2) is 9.60. The number of aromatic nitrogens is 2. The smallest absolute Gasteiger partial charge is 0.269 e. The third-order valence-corrected chi connectivity index (χ3v) is 5.80. The molecule has 2 heterocycles. The maximum atomic E-state index is 13.0. The van der Waals surface area contributed by atoms with Gasteiger partial charge in [-0.3, -0.25) is 9.59 Å². The third kappa shape index (κ3) is 5.20. The van der Waals surface area contributed by atoms with Crippen LogP contribution in [0.4, 0.5) is 5.69 Å². The van der Waals surface area contributed by atoms with Crippen LogP contribution < -0.4 is 10.5 Å². The Labute approximate surface area is 182 Å². The van der Waals surface area contributed by atoms with Crippen molar-refractivity contribution in [3.8, 4) is 0 Å². The van der Waals surface area contributed by atoms with E-state index in [0.717, 1.165) is 36.2 Å². The molecule has 2 aromatic carbocycles. The molecule has 0 radical (unpaired) electrons. The molecule has 0 saturated carbocycles. The predicted octanol–water partition coefficient (Wildman–Crippen LogP) is 3.17. The highest BCUT2D eigenvalue weighted by atomic mass is 16.2.